The van der Waals surface area contributed by atoms with Gasteiger partial charge in [-0.1, -0.05) is 30.3 Å². The first-order valence-corrected chi connectivity index (χ1v) is 10.2. The summed E-state index contributed by atoms with van der Waals surface area (Å²) in [6.07, 6.45) is 4.01. The van der Waals surface area contributed by atoms with E-state index in [-0.39, 0.29) is 11.9 Å². The van der Waals surface area contributed by atoms with Gasteiger partial charge in [0.1, 0.15) is 11.0 Å². The summed E-state index contributed by atoms with van der Waals surface area (Å²) in [6, 6.07) is 9.23. The molecule has 1 atom stereocenters. The molecule has 0 saturated carbocycles. The number of likely N-dealkylation sites (N-methyl/N-ethyl adjacent to an activating group) is 1. The lowest BCUT2D eigenvalue weighted by molar-refractivity contribution is -0.120. The number of benzene rings is 1. The van der Waals surface area contributed by atoms with Crippen LogP contribution in [0.3, 0.4) is 0 Å². The molecule has 0 fully saturated rings. The van der Waals surface area contributed by atoms with Crippen LogP contribution in [-0.2, 0) is 22.4 Å². The maximum Gasteiger partial charge on any atom is 0.341 e. The molecule has 0 aliphatic heterocycles. The molecule has 0 bridgehead atoms. The predicted molar refractivity (Wildman–Crippen MR) is 108 cm³/mol. The van der Waals surface area contributed by atoms with E-state index in [0.29, 0.717) is 17.2 Å². The Morgan fingerprint density at radius 3 is 2.56 bits per heavy atom. The number of rotatable bonds is 6. The lowest BCUT2D eigenvalue weighted by atomic mass is 9.95. The molecule has 144 valence electrons. The van der Waals surface area contributed by atoms with E-state index in [1.165, 1.54) is 16.2 Å². The number of ether oxygens (including phenoxy) is 1. The number of carbonyl (C=O) groups is 2. The van der Waals surface area contributed by atoms with Crippen molar-refractivity contribution in [3.63, 3.8) is 0 Å². The molecule has 1 heterocycles. The number of carbonyl (C=O) groups excluding carboxylic acids is 2. The second-order valence-electron chi connectivity index (χ2n) is 6.90. The largest absolute Gasteiger partial charge is 0.462 e. The van der Waals surface area contributed by atoms with Gasteiger partial charge in [0, 0.05) is 4.88 Å². The minimum absolute atomic E-state index is 0.143. The van der Waals surface area contributed by atoms with Crippen molar-refractivity contribution < 1.29 is 14.3 Å². The van der Waals surface area contributed by atoms with Crippen LogP contribution in [0.5, 0.6) is 0 Å². The Balaban J connectivity index is 1.93. The van der Waals surface area contributed by atoms with Gasteiger partial charge in [-0.05, 0) is 57.8 Å². The number of anilines is 1. The van der Waals surface area contributed by atoms with Gasteiger partial charge < -0.3 is 10.1 Å². The summed E-state index contributed by atoms with van der Waals surface area (Å²) in [7, 11) is 3.76. The fourth-order valence-corrected chi connectivity index (χ4v) is 4.85. The van der Waals surface area contributed by atoms with Crippen LogP contribution in [0.2, 0.25) is 0 Å². The Labute approximate surface area is 164 Å². The van der Waals surface area contributed by atoms with E-state index < -0.39 is 6.04 Å². The van der Waals surface area contributed by atoms with Crippen LogP contribution in [0.15, 0.2) is 30.3 Å². The normalized spacial score (nSPS) is 14.5. The number of thiophene rings is 1. The van der Waals surface area contributed by atoms with Crippen molar-refractivity contribution in [2.45, 2.75) is 38.6 Å². The summed E-state index contributed by atoms with van der Waals surface area (Å²) in [4.78, 5) is 28.8. The van der Waals surface area contributed by atoms with E-state index in [1.54, 1.807) is 6.92 Å². The Bertz CT molecular complexity index is 814. The van der Waals surface area contributed by atoms with Crippen LogP contribution in [0.25, 0.3) is 0 Å². The van der Waals surface area contributed by atoms with E-state index in [1.807, 2.05) is 49.3 Å². The van der Waals surface area contributed by atoms with Crippen molar-refractivity contribution in [1.29, 1.82) is 0 Å². The van der Waals surface area contributed by atoms with Crippen molar-refractivity contribution >= 4 is 28.2 Å². The van der Waals surface area contributed by atoms with Crippen molar-refractivity contribution in [3.05, 3.63) is 51.9 Å². The third-order valence-electron chi connectivity index (χ3n) is 4.77. The van der Waals surface area contributed by atoms with E-state index in [2.05, 4.69) is 5.32 Å². The second kappa shape index (κ2) is 8.67. The van der Waals surface area contributed by atoms with E-state index in [0.717, 1.165) is 36.8 Å². The average molecular weight is 387 g/mol. The minimum Gasteiger partial charge on any atom is -0.462 e. The van der Waals surface area contributed by atoms with Crippen LogP contribution in [-0.4, -0.2) is 37.5 Å². The van der Waals surface area contributed by atoms with E-state index in [9.17, 15) is 9.59 Å². The number of aryl methyl sites for hydroxylation is 1. The van der Waals surface area contributed by atoms with Gasteiger partial charge in [-0.25, -0.2) is 4.79 Å². The first kappa shape index (κ1) is 19.6. The van der Waals surface area contributed by atoms with Crippen LogP contribution in [0.1, 0.15) is 52.2 Å². The summed E-state index contributed by atoms with van der Waals surface area (Å²) in [5, 5.41) is 3.64. The third-order valence-corrected chi connectivity index (χ3v) is 5.97. The Kier molecular flexibility index (Phi) is 6.29. The summed E-state index contributed by atoms with van der Waals surface area (Å²) < 4.78 is 5.27. The highest BCUT2D eigenvalue weighted by molar-refractivity contribution is 7.17. The highest BCUT2D eigenvalue weighted by atomic mass is 32.1. The second-order valence-corrected chi connectivity index (χ2v) is 8.01. The lowest BCUT2D eigenvalue weighted by Crippen LogP contribution is -2.32. The molecule has 0 spiro atoms. The molecule has 2 aromatic rings. The first-order chi connectivity index (χ1) is 13.0. The molecule has 5 nitrogen and oxygen atoms in total. The van der Waals surface area contributed by atoms with Crippen LogP contribution in [0.4, 0.5) is 5.00 Å². The maximum atomic E-state index is 13.1. The van der Waals surface area contributed by atoms with Crippen molar-refractivity contribution in [3.8, 4) is 0 Å². The molecule has 3 rings (SSSR count). The molecule has 0 saturated heterocycles. The summed E-state index contributed by atoms with van der Waals surface area (Å²) in [5.41, 5.74) is 2.52. The lowest BCUT2D eigenvalue weighted by Gasteiger charge is -2.23. The van der Waals surface area contributed by atoms with E-state index in [4.69, 9.17) is 4.74 Å². The zero-order chi connectivity index (χ0) is 19.4. The number of nitrogens with one attached hydrogen (secondary N) is 1. The molecule has 0 unspecified atom stereocenters. The SMILES string of the molecule is CCOC(=O)c1c(NC(=O)[C@@H](c2ccccc2)N(C)C)sc2c1CCCC2. The monoisotopic (exact) mass is 386 g/mol. The van der Waals surface area contributed by atoms with Crippen LogP contribution < -0.4 is 5.32 Å². The molecule has 0 radical (unpaired) electrons. The highest BCUT2D eigenvalue weighted by Crippen LogP contribution is 2.39. The van der Waals surface area contributed by atoms with Crippen molar-refractivity contribution in [1.82, 2.24) is 4.90 Å². The molecule has 6 heteroatoms. The van der Waals surface area contributed by atoms with Crippen LogP contribution in [0, 0.1) is 0 Å². The Morgan fingerprint density at radius 1 is 1.19 bits per heavy atom. The number of fused-ring (bicyclic) bond motifs is 1. The molecule has 1 aromatic heterocycles. The summed E-state index contributed by atoms with van der Waals surface area (Å²) >= 11 is 1.52. The predicted octanol–water partition coefficient (Wildman–Crippen LogP) is 4.05. The number of esters is 1. The standard InChI is InChI=1S/C21H26N2O3S/c1-4-26-21(25)17-15-12-8-9-13-16(15)27-20(17)22-19(24)18(23(2)3)14-10-6-5-7-11-14/h5-7,10-11,18H,4,8-9,12-13H2,1-3H3,(H,22,24)/t18-/m1/s1. The number of hydrogen-bond donors (Lipinski definition) is 1. The molecule has 1 N–H and O–H groups in total. The molecular weight excluding hydrogens is 360 g/mol. The Hall–Kier alpha value is -2.18. The van der Waals surface area contributed by atoms with E-state index >= 15 is 0 Å². The summed E-state index contributed by atoms with van der Waals surface area (Å²) in [6.45, 7) is 2.12. The quantitative estimate of drug-likeness (QED) is 0.761. The van der Waals surface area contributed by atoms with Gasteiger partial charge in [0.15, 0.2) is 0 Å². The average Bonchev–Trinajstić information content (AvgIpc) is 3.00. The maximum absolute atomic E-state index is 13.1. The number of amides is 1. The molecule has 27 heavy (non-hydrogen) atoms. The van der Waals surface area contributed by atoms with Gasteiger partial charge in [0.2, 0.25) is 5.91 Å². The zero-order valence-corrected chi connectivity index (χ0v) is 16.9. The Morgan fingerprint density at radius 2 is 1.89 bits per heavy atom. The van der Waals surface area contributed by atoms with Crippen LogP contribution >= 0.6 is 11.3 Å². The molecule has 1 aliphatic carbocycles. The van der Waals surface area contributed by atoms with Crippen molar-refractivity contribution in [2.75, 3.05) is 26.0 Å². The van der Waals surface area contributed by atoms with Gasteiger partial charge in [-0.3, -0.25) is 9.69 Å². The van der Waals surface area contributed by atoms with Gasteiger partial charge >= 0.3 is 5.97 Å². The topological polar surface area (TPSA) is 58.6 Å². The minimum atomic E-state index is -0.430. The summed E-state index contributed by atoms with van der Waals surface area (Å²) in [5.74, 6) is -0.483. The van der Waals surface area contributed by atoms with Gasteiger partial charge in [-0.15, -0.1) is 11.3 Å². The number of hydrogen-bond acceptors (Lipinski definition) is 5. The number of nitrogens with zero attached hydrogens (tertiary/aromatic N) is 1. The third kappa shape index (κ3) is 4.22. The fourth-order valence-electron chi connectivity index (χ4n) is 3.57. The zero-order valence-electron chi connectivity index (χ0n) is 16.1. The van der Waals surface area contributed by atoms with Crippen molar-refractivity contribution in [2.24, 2.45) is 0 Å². The molecule has 1 amide bonds. The van der Waals surface area contributed by atoms with Gasteiger partial charge in [0.05, 0.1) is 12.2 Å². The van der Waals surface area contributed by atoms with Gasteiger partial charge in [0.25, 0.3) is 0 Å². The smallest absolute Gasteiger partial charge is 0.341 e. The molecular formula is C21H26N2O3S. The highest BCUT2D eigenvalue weighted by Gasteiger charge is 2.30. The molecule has 1 aliphatic rings. The van der Waals surface area contributed by atoms with Gasteiger partial charge in [-0.2, -0.15) is 0 Å². The fraction of sp³-hybridized carbons (Fsp3) is 0.429. The first-order valence-electron chi connectivity index (χ1n) is 9.36. The molecule has 1 aromatic carbocycles.